The summed E-state index contributed by atoms with van der Waals surface area (Å²) >= 11 is 0. The fourth-order valence-corrected chi connectivity index (χ4v) is 5.32. The van der Waals surface area contributed by atoms with Gasteiger partial charge in [-0.05, 0) is 77.9 Å². The quantitative estimate of drug-likeness (QED) is 0.298. The first-order valence-electron chi connectivity index (χ1n) is 13.4. The fourth-order valence-electron chi connectivity index (χ4n) is 5.32. The van der Waals surface area contributed by atoms with Crippen LogP contribution < -0.4 is 10.2 Å². The van der Waals surface area contributed by atoms with Crippen molar-refractivity contribution in [3.8, 4) is 22.3 Å². The Morgan fingerprint density at radius 1 is 0.632 bits per heavy atom. The van der Waals surface area contributed by atoms with E-state index in [1.807, 2.05) is 0 Å². The third-order valence-corrected chi connectivity index (χ3v) is 7.33. The topological polar surface area (TPSA) is 15.3 Å². The van der Waals surface area contributed by atoms with E-state index in [2.05, 4.69) is 151 Å². The average molecular weight is 493 g/mol. The Bertz CT molecular complexity index is 1540. The number of allylic oxidation sites excluding steroid dienone is 7. The van der Waals surface area contributed by atoms with E-state index in [4.69, 9.17) is 0 Å². The van der Waals surface area contributed by atoms with Crippen LogP contribution in [0.2, 0.25) is 0 Å². The van der Waals surface area contributed by atoms with E-state index in [0.29, 0.717) is 0 Å². The van der Waals surface area contributed by atoms with Crippen molar-refractivity contribution in [3.05, 3.63) is 145 Å². The van der Waals surface area contributed by atoms with E-state index in [9.17, 15) is 0 Å². The maximum atomic E-state index is 3.72. The molecule has 4 aromatic carbocycles. The molecule has 4 aromatic rings. The van der Waals surface area contributed by atoms with Crippen LogP contribution in [0, 0.1) is 0 Å². The van der Waals surface area contributed by atoms with Gasteiger partial charge in [-0.15, -0.1) is 0 Å². The van der Waals surface area contributed by atoms with Gasteiger partial charge in [-0.2, -0.15) is 0 Å². The highest BCUT2D eigenvalue weighted by Gasteiger charge is 2.19. The van der Waals surface area contributed by atoms with Crippen LogP contribution in [-0.4, -0.2) is 6.54 Å². The molecule has 0 atom stereocenters. The number of hydrogen-bond acceptors (Lipinski definition) is 2. The van der Waals surface area contributed by atoms with Gasteiger partial charge in [0.25, 0.3) is 0 Å². The van der Waals surface area contributed by atoms with Gasteiger partial charge in [0, 0.05) is 29.2 Å². The summed E-state index contributed by atoms with van der Waals surface area (Å²) in [6, 6.07) is 34.7. The SMILES string of the molecule is C/C1=C\C=C/CN(C2=CC=CCC2)c2cccc(Nc3ccc(-c4ccc(-c5ccccc5)cc4)cc3)c21. The van der Waals surface area contributed by atoms with Gasteiger partial charge in [0.15, 0.2) is 0 Å². The molecular weight excluding hydrogens is 460 g/mol. The molecule has 2 nitrogen and oxygen atoms in total. The van der Waals surface area contributed by atoms with Crippen molar-refractivity contribution in [1.29, 1.82) is 0 Å². The number of rotatable bonds is 5. The molecule has 0 aromatic heterocycles. The summed E-state index contributed by atoms with van der Waals surface area (Å²) < 4.78 is 0. The van der Waals surface area contributed by atoms with Crippen LogP contribution in [0.4, 0.5) is 17.1 Å². The molecular formula is C36H32N2. The van der Waals surface area contributed by atoms with Gasteiger partial charge in [-0.25, -0.2) is 0 Å². The minimum atomic E-state index is 0.873. The van der Waals surface area contributed by atoms with Crippen molar-refractivity contribution in [2.45, 2.75) is 19.8 Å². The molecule has 0 saturated carbocycles. The van der Waals surface area contributed by atoms with Crippen molar-refractivity contribution < 1.29 is 0 Å². The summed E-state index contributed by atoms with van der Waals surface area (Å²) in [6.07, 6.45) is 15.5. The number of anilines is 3. The lowest BCUT2D eigenvalue weighted by molar-refractivity contribution is 0.867. The van der Waals surface area contributed by atoms with Crippen LogP contribution in [-0.2, 0) is 0 Å². The summed E-state index contributed by atoms with van der Waals surface area (Å²) in [5.74, 6) is 0. The number of nitrogens with zero attached hydrogens (tertiary/aromatic N) is 1. The molecule has 0 spiro atoms. The predicted octanol–water partition coefficient (Wildman–Crippen LogP) is 9.78. The zero-order chi connectivity index (χ0) is 25.7. The lowest BCUT2D eigenvalue weighted by Gasteiger charge is -2.31. The average Bonchev–Trinajstić information content (AvgIpc) is 2.97. The lowest BCUT2D eigenvalue weighted by atomic mass is 9.98. The van der Waals surface area contributed by atoms with E-state index in [0.717, 1.165) is 30.8 Å². The van der Waals surface area contributed by atoms with Crippen LogP contribution in [0.1, 0.15) is 25.3 Å². The van der Waals surface area contributed by atoms with E-state index >= 15 is 0 Å². The van der Waals surface area contributed by atoms with Crippen molar-refractivity contribution in [2.24, 2.45) is 0 Å². The first-order chi connectivity index (χ1) is 18.8. The zero-order valence-electron chi connectivity index (χ0n) is 21.8. The summed E-state index contributed by atoms with van der Waals surface area (Å²) in [4.78, 5) is 2.46. The fraction of sp³-hybridized carbons (Fsp3) is 0.111. The minimum absolute atomic E-state index is 0.873. The van der Waals surface area contributed by atoms with E-state index in [1.54, 1.807) is 0 Å². The van der Waals surface area contributed by atoms with Gasteiger partial charge in [-0.3, -0.25) is 0 Å². The van der Waals surface area contributed by atoms with Crippen LogP contribution in [0.15, 0.2) is 139 Å². The van der Waals surface area contributed by atoms with Crippen molar-refractivity contribution in [3.63, 3.8) is 0 Å². The second kappa shape index (κ2) is 10.8. The summed E-state index contributed by atoms with van der Waals surface area (Å²) in [5, 5.41) is 3.72. The van der Waals surface area contributed by atoms with Gasteiger partial charge < -0.3 is 10.2 Å². The molecule has 2 aliphatic rings. The Labute approximate surface area is 226 Å². The molecule has 0 unspecified atom stereocenters. The largest absolute Gasteiger partial charge is 0.355 e. The number of benzene rings is 4. The van der Waals surface area contributed by atoms with Crippen molar-refractivity contribution >= 4 is 22.6 Å². The maximum Gasteiger partial charge on any atom is 0.0508 e. The molecule has 0 saturated heterocycles. The molecule has 6 rings (SSSR count). The third-order valence-electron chi connectivity index (χ3n) is 7.33. The molecule has 0 bridgehead atoms. The molecule has 1 heterocycles. The molecule has 0 amide bonds. The number of hydrogen-bond donors (Lipinski definition) is 1. The van der Waals surface area contributed by atoms with Crippen LogP contribution in [0.5, 0.6) is 0 Å². The summed E-state index contributed by atoms with van der Waals surface area (Å²) in [7, 11) is 0. The normalized spacial score (nSPS) is 16.9. The van der Waals surface area contributed by atoms with Crippen molar-refractivity contribution in [1.82, 2.24) is 0 Å². The predicted molar refractivity (Wildman–Crippen MR) is 164 cm³/mol. The standard InChI is InChI=1S/C36H32N2/c1-27-11-8-9-26-38(33-14-6-3-7-15-33)35-17-10-16-34(36(27)35)37-32-24-22-31(23-25-32)30-20-18-29(19-21-30)28-12-4-2-5-13-28/h2-6,8-14,16-25,37H,7,15,26H2,1H3/b9-8-,27-11+. The lowest BCUT2D eigenvalue weighted by Crippen LogP contribution is -2.25. The van der Waals surface area contributed by atoms with E-state index in [-0.39, 0.29) is 0 Å². The van der Waals surface area contributed by atoms with E-state index < -0.39 is 0 Å². The molecule has 0 fully saturated rings. The van der Waals surface area contributed by atoms with Gasteiger partial charge in [0.1, 0.15) is 0 Å². The first kappa shape index (κ1) is 23.8. The number of nitrogens with one attached hydrogen (secondary N) is 1. The highest BCUT2D eigenvalue weighted by Crippen LogP contribution is 2.39. The first-order valence-corrected chi connectivity index (χ1v) is 13.4. The Hall–Kier alpha value is -4.56. The van der Waals surface area contributed by atoms with Crippen LogP contribution in [0.25, 0.3) is 27.8 Å². The Balaban J connectivity index is 1.27. The molecule has 38 heavy (non-hydrogen) atoms. The molecule has 2 heteroatoms. The summed E-state index contributed by atoms with van der Waals surface area (Å²) in [5.41, 5.74) is 12.3. The Kier molecular flexibility index (Phi) is 6.78. The van der Waals surface area contributed by atoms with Gasteiger partial charge in [0.05, 0.1) is 5.69 Å². The second-order valence-electron chi connectivity index (χ2n) is 9.86. The number of fused-ring (bicyclic) bond motifs is 1. The molecule has 1 aliphatic heterocycles. The maximum absolute atomic E-state index is 3.72. The van der Waals surface area contributed by atoms with Gasteiger partial charge in [0.2, 0.25) is 0 Å². The third kappa shape index (κ3) is 4.99. The van der Waals surface area contributed by atoms with Gasteiger partial charge in [-0.1, -0.05) is 103 Å². The van der Waals surface area contributed by atoms with Gasteiger partial charge >= 0.3 is 0 Å². The monoisotopic (exact) mass is 492 g/mol. The molecule has 0 radical (unpaired) electrons. The van der Waals surface area contributed by atoms with Crippen LogP contribution >= 0.6 is 0 Å². The molecule has 186 valence electrons. The molecule has 1 N–H and O–H groups in total. The van der Waals surface area contributed by atoms with Crippen LogP contribution in [0.3, 0.4) is 0 Å². The second-order valence-corrected chi connectivity index (χ2v) is 9.86. The smallest absolute Gasteiger partial charge is 0.0508 e. The summed E-state index contributed by atoms with van der Waals surface area (Å²) in [6.45, 7) is 3.08. The minimum Gasteiger partial charge on any atom is -0.355 e. The highest BCUT2D eigenvalue weighted by molar-refractivity contribution is 5.89. The van der Waals surface area contributed by atoms with Crippen molar-refractivity contribution in [2.75, 3.05) is 16.8 Å². The Morgan fingerprint density at radius 3 is 1.97 bits per heavy atom. The zero-order valence-corrected chi connectivity index (χ0v) is 21.8. The van der Waals surface area contributed by atoms with E-state index in [1.165, 1.54) is 44.8 Å². The Morgan fingerprint density at radius 2 is 1.29 bits per heavy atom. The highest BCUT2D eigenvalue weighted by atomic mass is 15.1. The molecule has 1 aliphatic carbocycles.